The van der Waals surface area contributed by atoms with Crippen LogP contribution in [-0.4, -0.2) is 18.7 Å². The van der Waals surface area contributed by atoms with E-state index < -0.39 is 0 Å². The summed E-state index contributed by atoms with van der Waals surface area (Å²) in [7, 11) is 0. The van der Waals surface area contributed by atoms with Gasteiger partial charge in [0.15, 0.2) is 0 Å². The van der Waals surface area contributed by atoms with Crippen LogP contribution >= 0.6 is 0 Å². The molecule has 1 unspecified atom stereocenters. The first-order valence-electron chi connectivity index (χ1n) is 6.79. The maximum atomic E-state index is 11.6. The SMILES string of the molecule is CCCCOC(=O)NC1CCc2ccccc2C1. The van der Waals surface area contributed by atoms with Crippen LogP contribution in [0.2, 0.25) is 0 Å². The Morgan fingerprint density at radius 2 is 2.17 bits per heavy atom. The number of hydrogen-bond donors (Lipinski definition) is 1. The predicted octanol–water partition coefficient (Wildman–Crippen LogP) is 3.07. The number of fused-ring (bicyclic) bond motifs is 1. The number of unbranched alkanes of at least 4 members (excludes halogenated alkanes) is 1. The van der Waals surface area contributed by atoms with Gasteiger partial charge in [0.2, 0.25) is 0 Å². The lowest BCUT2D eigenvalue weighted by molar-refractivity contribution is 0.139. The number of carbonyl (C=O) groups is 1. The second-order valence-electron chi connectivity index (χ2n) is 4.84. The molecule has 1 aliphatic carbocycles. The number of benzene rings is 1. The molecular weight excluding hydrogens is 226 g/mol. The lowest BCUT2D eigenvalue weighted by atomic mass is 9.88. The zero-order chi connectivity index (χ0) is 12.8. The van der Waals surface area contributed by atoms with E-state index >= 15 is 0 Å². The highest BCUT2D eigenvalue weighted by atomic mass is 16.5. The van der Waals surface area contributed by atoms with Crippen LogP contribution in [0, 0.1) is 0 Å². The number of aryl methyl sites for hydroxylation is 1. The number of amides is 1. The first-order chi connectivity index (χ1) is 8.79. The number of carbonyl (C=O) groups excluding carboxylic acids is 1. The predicted molar refractivity (Wildman–Crippen MR) is 71.6 cm³/mol. The maximum absolute atomic E-state index is 11.6. The molecule has 0 aliphatic heterocycles. The fourth-order valence-corrected chi connectivity index (χ4v) is 2.34. The number of hydrogen-bond acceptors (Lipinski definition) is 2. The van der Waals surface area contributed by atoms with Gasteiger partial charge in [0.05, 0.1) is 6.61 Å². The first-order valence-corrected chi connectivity index (χ1v) is 6.79. The van der Waals surface area contributed by atoms with E-state index in [1.165, 1.54) is 11.1 Å². The molecule has 0 saturated carbocycles. The van der Waals surface area contributed by atoms with Gasteiger partial charge in [0.25, 0.3) is 0 Å². The van der Waals surface area contributed by atoms with Crippen molar-refractivity contribution in [3.05, 3.63) is 35.4 Å². The van der Waals surface area contributed by atoms with Gasteiger partial charge in [-0.1, -0.05) is 37.6 Å². The van der Waals surface area contributed by atoms with Crippen LogP contribution < -0.4 is 5.32 Å². The number of ether oxygens (including phenoxy) is 1. The fourth-order valence-electron chi connectivity index (χ4n) is 2.34. The quantitative estimate of drug-likeness (QED) is 0.830. The van der Waals surface area contributed by atoms with E-state index in [2.05, 4.69) is 36.5 Å². The molecule has 1 amide bonds. The Balaban J connectivity index is 1.80. The summed E-state index contributed by atoms with van der Waals surface area (Å²) in [6, 6.07) is 8.66. The molecule has 1 aliphatic rings. The molecule has 98 valence electrons. The molecule has 0 radical (unpaired) electrons. The Morgan fingerprint density at radius 3 is 2.94 bits per heavy atom. The van der Waals surface area contributed by atoms with E-state index in [0.29, 0.717) is 6.61 Å². The molecule has 1 aromatic rings. The molecule has 0 heterocycles. The standard InChI is InChI=1S/C15H21NO2/c1-2-3-10-18-15(17)16-14-9-8-12-6-4-5-7-13(12)11-14/h4-7,14H,2-3,8-11H2,1H3,(H,16,17). The van der Waals surface area contributed by atoms with Gasteiger partial charge in [-0.25, -0.2) is 4.79 Å². The summed E-state index contributed by atoms with van der Waals surface area (Å²) in [5, 5.41) is 2.96. The molecule has 1 N–H and O–H groups in total. The molecule has 18 heavy (non-hydrogen) atoms. The highest BCUT2D eigenvalue weighted by molar-refractivity contribution is 5.67. The average Bonchev–Trinajstić information content (AvgIpc) is 2.39. The minimum Gasteiger partial charge on any atom is -0.450 e. The zero-order valence-corrected chi connectivity index (χ0v) is 10.9. The highest BCUT2D eigenvalue weighted by Gasteiger charge is 2.20. The Hall–Kier alpha value is -1.51. The van der Waals surface area contributed by atoms with Crippen molar-refractivity contribution in [1.82, 2.24) is 5.32 Å². The van der Waals surface area contributed by atoms with Crippen molar-refractivity contribution in [2.45, 2.75) is 45.1 Å². The minimum absolute atomic E-state index is 0.217. The van der Waals surface area contributed by atoms with Crippen LogP contribution in [0.3, 0.4) is 0 Å². The van der Waals surface area contributed by atoms with Gasteiger partial charge in [-0.3, -0.25) is 0 Å². The first kappa shape index (κ1) is 12.9. The summed E-state index contributed by atoms with van der Waals surface area (Å²) in [5.41, 5.74) is 2.76. The molecule has 0 bridgehead atoms. The van der Waals surface area contributed by atoms with Crippen molar-refractivity contribution >= 4 is 6.09 Å². The summed E-state index contributed by atoms with van der Waals surface area (Å²) in [6.45, 7) is 2.60. The lowest BCUT2D eigenvalue weighted by Crippen LogP contribution is -2.39. The molecule has 0 spiro atoms. The van der Waals surface area contributed by atoms with E-state index in [4.69, 9.17) is 4.74 Å². The van der Waals surface area contributed by atoms with Gasteiger partial charge >= 0.3 is 6.09 Å². The van der Waals surface area contributed by atoms with E-state index in [9.17, 15) is 4.79 Å². The Bertz CT molecular complexity index is 403. The molecule has 1 aromatic carbocycles. The highest BCUT2D eigenvalue weighted by Crippen LogP contribution is 2.20. The summed E-state index contributed by atoms with van der Waals surface area (Å²) < 4.78 is 5.12. The molecule has 0 fully saturated rings. The molecule has 0 saturated heterocycles. The van der Waals surface area contributed by atoms with Gasteiger partial charge < -0.3 is 10.1 Å². The average molecular weight is 247 g/mol. The maximum Gasteiger partial charge on any atom is 0.407 e. The smallest absolute Gasteiger partial charge is 0.407 e. The molecular formula is C15H21NO2. The molecule has 2 rings (SSSR count). The summed E-state index contributed by atoms with van der Waals surface area (Å²) in [5.74, 6) is 0. The van der Waals surface area contributed by atoms with E-state index in [-0.39, 0.29) is 12.1 Å². The van der Waals surface area contributed by atoms with E-state index in [0.717, 1.165) is 32.1 Å². The number of alkyl carbamates (subject to hydrolysis) is 1. The van der Waals surface area contributed by atoms with Crippen molar-refractivity contribution < 1.29 is 9.53 Å². The van der Waals surface area contributed by atoms with Crippen molar-refractivity contribution in [2.75, 3.05) is 6.61 Å². The number of rotatable bonds is 4. The second-order valence-corrected chi connectivity index (χ2v) is 4.84. The van der Waals surface area contributed by atoms with Crippen LogP contribution in [-0.2, 0) is 17.6 Å². The second kappa shape index (κ2) is 6.43. The Morgan fingerprint density at radius 1 is 1.39 bits per heavy atom. The van der Waals surface area contributed by atoms with Crippen molar-refractivity contribution in [3.63, 3.8) is 0 Å². The van der Waals surface area contributed by atoms with Crippen LogP contribution in [0.15, 0.2) is 24.3 Å². The molecule has 1 atom stereocenters. The van der Waals surface area contributed by atoms with Crippen LogP contribution in [0.4, 0.5) is 4.79 Å². The van der Waals surface area contributed by atoms with Crippen LogP contribution in [0.25, 0.3) is 0 Å². The van der Waals surface area contributed by atoms with Gasteiger partial charge in [-0.05, 0) is 36.8 Å². The monoisotopic (exact) mass is 247 g/mol. The number of nitrogens with one attached hydrogen (secondary N) is 1. The van der Waals surface area contributed by atoms with Crippen molar-refractivity contribution in [2.24, 2.45) is 0 Å². The normalized spacial score (nSPS) is 17.9. The Kier molecular flexibility index (Phi) is 4.62. The third-order valence-electron chi connectivity index (χ3n) is 3.40. The zero-order valence-electron chi connectivity index (χ0n) is 10.9. The third-order valence-corrected chi connectivity index (χ3v) is 3.40. The largest absolute Gasteiger partial charge is 0.450 e. The molecule has 3 nitrogen and oxygen atoms in total. The summed E-state index contributed by atoms with van der Waals surface area (Å²) in [6.07, 6.45) is 4.66. The fraction of sp³-hybridized carbons (Fsp3) is 0.533. The van der Waals surface area contributed by atoms with Gasteiger partial charge in [-0.2, -0.15) is 0 Å². The molecule has 3 heteroatoms. The Labute approximate surface area is 109 Å². The van der Waals surface area contributed by atoms with Crippen LogP contribution in [0.5, 0.6) is 0 Å². The van der Waals surface area contributed by atoms with Gasteiger partial charge in [0.1, 0.15) is 0 Å². The summed E-state index contributed by atoms with van der Waals surface area (Å²) in [4.78, 5) is 11.6. The topological polar surface area (TPSA) is 38.3 Å². The van der Waals surface area contributed by atoms with Crippen molar-refractivity contribution in [3.8, 4) is 0 Å². The van der Waals surface area contributed by atoms with Gasteiger partial charge in [-0.15, -0.1) is 0 Å². The van der Waals surface area contributed by atoms with Crippen LogP contribution in [0.1, 0.15) is 37.3 Å². The lowest BCUT2D eigenvalue weighted by Gasteiger charge is -2.25. The van der Waals surface area contributed by atoms with E-state index in [1.54, 1.807) is 0 Å². The van der Waals surface area contributed by atoms with Gasteiger partial charge in [0, 0.05) is 6.04 Å². The van der Waals surface area contributed by atoms with Crippen molar-refractivity contribution in [1.29, 1.82) is 0 Å². The van der Waals surface area contributed by atoms with E-state index in [1.807, 2.05) is 0 Å². The molecule has 0 aromatic heterocycles. The summed E-state index contributed by atoms with van der Waals surface area (Å²) >= 11 is 0. The minimum atomic E-state index is -0.271. The third kappa shape index (κ3) is 3.49.